The first-order chi connectivity index (χ1) is 3.81. The number of hydrogen-bond acceptors (Lipinski definition) is 1. The van der Waals surface area contributed by atoms with Gasteiger partial charge in [0.05, 0.1) is 0 Å². The van der Waals surface area contributed by atoms with Crippen molar-refractivity contribution in [2.75, 3.05) is 0 Å². The van der Waals surface area contributed by atoms with E-state index in [1.807, 2.05) is 0 Å². The van der Waals surface area contributed by atoms with Crippen molar-refractivity contribution >= 4 is 24.9 Å². The third kappa shape index (κ3) is 2.43. The van der Waals surface area contributed by atoms with Gasteiger partial charge in [-0.3, -0.25) is 0 Å². The third-order valence-corrected chi connectivity index (χ3v) is 10.0. The van der Waals surface area contributed by atoms with Crippen LogP contribution >= 0.6 is 0 Å². The maximum absolute atomic E-state index is 5.58. The molecule has 0 bridgehead atoms. The molecule has 54 valence electrons. The summed E-state index contributed by atoms with van der Waals surface area (Å²) < 4.78 is 5.58. The molecule has 0 heterocycles. The van der Waals surface area contributed by atoms with Crippen molar-refractivity contribution in [3.8, 4) is 0 Å². The van der Waals surface area contributed by atoms with Crippen LogP contribution in [0.2, 0.25) is 18.1 Å². The molecule has 1 nitrogen and oxygen atoms in total. The number of rotatable bonds is 1. The highest BCUT2D eigenvalue weighted by molar-refractivity contribution is 6.76. The Morgan fingerprint density at radius 1 is 1.22 bits per heavy atom. The Bertz CT molecular complexity index is 95.7. The Balaban J connectivity index is 4.14. The molecule has 0 amide bonds. The Kier molecular flexibility index (Phi) is 2.97. The highest BCUT2D eigenvalue weighted by Gasteiger charge is 2.34. The predicted molar refractivity (Wildman–Crippen MR) is 46.8 cm³/mol. The monoisotopic (exact) mass is 160 g/mol. The summed E-state index contributed by atoms with van der Waals surface area (Å²) in [4.78, 5) is 0. The first-order valence-corrected chi connectivity index (χ1v) is 7.09. The van der Waals surface area contributed by atoms with Gasteiger partial charge in [-0.15, -0.1) is 0 Å². The van der Waals surface area contributed by atoms with Crippen molar-refractivity contribution in [1.82, 2.24) is 0 Å². The van der Waals surface area contributed by atoms with Crippen LogP contribution in [0.5, 0.6) is 0 Å². The zero-order chi connectivity index (χ0) is 7.71. The SMILES string of the molecule is CC(C)(C)[Si](C)(C)[O][AlH2]. The lowest BCUT2D eigenvalue weighted by Gasteiger charge is -2.36. The van der Waals surface area contributed by atoms with Crippen molar-refractivity contribution in [2.45, 2.75) is 38.9 Å². The lowest BCUT2D eigenvalue weighted by atomic mass is 10.2. The molecule has 0 aliphatic carbocycles. The molecule has 0 saturated heterocycles. The van der Waals surface area contributed by atoms with Crippen LogP contribution in [0.3, 0.4) is 0 Å². The first-order valence-electron chi connectivity index (χ1n) is 3.36. The van der Waals surface area contributed by atoms with Crippen LogP contribution in [0.15, 0.2) is 0 Å². The molecule has 0 aromatic carbocycles. The van der Waals surface area contributed by atoms with Gasteiger partial charge in [0.1, 0.15) is 0 Å². The second kappa shape index (κ2) is 2.75. The summed E-state index contributed by atoms with van der Waals surface area (Å²) in [6, 6.07) is 0. The van der Waals surface area contributed by atoms with Gasteiger partial charge in [0.2, 0.25) is 0 Å². The van der Waals surface area contributed by atoms with Crippen LogP contribution in [-0.2, 0) is 3.48 Å². The van der Waals surface area contributed by atoms with E-state index in [4.69, 9.17) is 3.48 Å². The van der Waals surface area contributed by atoms with Crippen molar-refractivity contribution in [3.05, 3.63) is 0 Å². The van der Waals surface area contributed by atoms with Gasteiger partial charge >= 0.3 is 16.6 Å². The van der Waals surface area contributed by atoms with E-state index in [1.54, 1.807) is 0 Å². The van der Waals surface area contributed by atoms with Crippen molar-refractivity contribution in [1.29, 1.82) is 0 Å². The summed E-state index contributed by atoms with van der Waals surface area (Å²) in [5, 5.41) is 0.398. The van der Waals surface area contributed by atoms with Gasteiger partial charge in [0.25, 0.3) is 0 Å². The van der Waals surface area contributed by atoms with Crippen LogP contribution in [0.25, 0.3) is 0 Å². The summed E-state index contributed by atoms with van der Waals surface area (Å²) in [5.41, 5.74) is 0. The lowest BCUT2D eigenvalue weighted by molar-refractivity contribution is 0.530. The molecule has 0 aliphatic heterocycles. The van der Waals surface area contributed by atoms with E-state index in [0.29, 0.717) is 5.04 Å². The maximum Gasteiger partial charge on any atom is 0.399 e. The molecule has 0 spiro atoms. The largest absolute Gasteiger partial charge is 0.550 e. The van der Waals surface area contributed by atoms with E-state index in [9.17, 15) is 0 Å². The van der Waals surface area contributed by atoms with Gasteiger partial charge in [-0.05, 0) is 18.1 Å². The maximum atomic E-state index is 5.58. The zero-order valence-electron chi connectivity index (χ0n) is 7.41. The molecular weight excluding hydrogens is 143 g/mol. The average Bonchev–Trinajstić information content (AvgIpc) is 1.64. The molecule has 0 radical (unpaired) electrons. The van der Waals surface area contributed by atoms with E-state index in [1.165, 1.54) is 0 Å². The van der Waals surface area contributed by atoms with Gasteiger partial charge in [0.15, 0.2) is 8.32 Å². The fraction of sp³-hybridized carbons (Fsp3) is 1.00. The fourth-order valence-corrected chi connectivity index (χ4v) is 2.76. The van der Waals surface area contributed by atoms with Gasteiger partial charge in [0, 0.05) is 0 Å². The number of hydrogen-bond donors (Lipinski definition) is 0. The van der Waals surface area contributed by atoms with Gasteiger partial charge in [-0.2, -0.15) is 0 Å². The van der Waals surface area contributed by atoms with Crippen molar-refractivity contribution < 1.29 is 3.48 Å². The van der Waals surface area contributed by atoms with E-state index >= 15 is 0 Å². The smallest absolute Gasteiger partial charge is 0.399 e. The Morgan fingerprint density at radius 3 is 1.56 bits per heavy atom. The summed E-state index contributed by atoms with van der Waals surface area (Å²) in [7, 11) is -1.32. The first kappa shape index (κ1) is 9.71. The minimum Gasteiger partial charge on any atom is -0.550 e. The van der Waals surface area contributed by atoms with Crippen LogP contribution < -0.4 is 0 Å². The third-order valence-electron chi connectivity index (χ3n) is 2.32. The molecule has 0 aromatic heterocycles. The quantitative estimate of drug-likeness (QED) is 0.529. The second-order valence-corrected chi connectivity index (χ2v) is 10.1. The molecule has 0 atom stereocenters. The summed E-state index contributed by atoms with van der Waals surface area (Å²) in [6.45, 7) is 11.3. The molecule has 0 saturated carbocycles. The van der Waals surface area contributed by atoms with E-state index in [0.717, 1.165) is 16.6 Å². The van der Waals surface area contributed by atoms with Gasteiger partial charge in [-0.25, -0.2) is 0 Å². The Labute approximate surface area is 67.7 Å². The highest BCUT2D eigenvalue weighted by Crippen LogP contribution is 2.35. The molecule has 0 rings (SSSR count). The van der Waals surface area contributed by atoms with Crippen LogP contribution in [-0.4, -0.2) is 24.9 Å². The van der Waals surface area contributed by atoms with Crippen LogP contribution in [0.4, 0.5) is 0 Å². The topological polar surface area (TPSA) is 9.23 Å². The molecule has 3 heteroatoms. The molecular formula is C6H17AlOSi. The average molecular weight is 160 g/mol. The standard InChI is InChI=1S/C6H15OSi.Al.2H/c1-6(2,3)8(4,5)7;;;/h1-5H3;;;/q-1;+1;;. The molecule has 0 aliphatic rings. The zero-order valence-corrected chi connectivity index (χ0v) is 10.4. The van der Waals surface area contributed by atoms with Crippen molar-refractivity contribution in [3.63, 3.8) is 0 Å². The van der Waals surface area contributed by atoms with Crippen molar-refractivity contribution in [2.24, 2.45) is 0 Å². The minimum absolute atomic E-state index is 0.398. The normalized spacial score (nSPS) is 13.9. The molecule has 0 N–H and O–H groups in total. The summed E-state index contributed by atoms with van der Waals surface area (Å²) >= 11 is 0.890. The molecule has 0 aromatic rings. The van der Waals surface area contributed by atoms with Crippen LogP contribution in [0, 0.1) is 0 Å². The van der Waals surface area contributed by atoms with Crippen LogP contribution in [0.1, 0.15) is 20.8 Å². The molecule has 0 unspecified atom stereocenters. The van der Waals surface area contributed by atoms with E-state index in [-0.39, 0.29) is 0 Å². The van der Waals surface area contributed by atoms with Gasteiger partial charge in [-0.1, -0.05) is 20.8 Å². The summed E-state index contributed by atoms with van der Waals surface area (Å²) in [5.74, 6) is 0. The van der Waals surface area contributed by atoms with E-state index < -0.39 is 8.32 Å². The molecule has 0 fully saturated rings. The fourth-order valence-electron chi connectivity index (χ4n) is 0.306. The Morgan fingerprint density at radius 2 is 1.56 bits per heavy atom. The minimum atomic E-state index is -1.32. The van der Waals surface area contributed by atoms with Gasteiger partial charge < -0.3 is 3.48 Å². The second-order valence-electron chi connectivity index (χ2n) is 3.96. The van der Waals surface area contributed by atoms with E-state index in [2.05, 4.69) is 33.9 Å². The molecule has 9 heavy (non-hydrogen) atoms. The lowest BCUT2D eigenvalue weighted by Crippen LogP contribution is -2.39. The summed E-state index contributed by atoms with van der Waals surface area (Å²) in [6.07, 6.45) is 0. The Hall–Kier alpha value is 0.709. The highest BCUT2D eigenvalue weighted by atomic mass is 28.4. The predicted octanol–water partition coefficient (Wildman–Crippen LogP) is 1.56.